The molecule has 0 aliphatic heterocycles. The average Bonchev–Trinajstić information content (AvgIpc) is 3.25. The number of aliphatic carboxylic acids is 1. The number of rotatable bonds is 11. The molecule has 0 spiro atoms. The highest BCUT2D eigenvalue weighted by Gasteiger charge is 2.40. The molecular formula is C22H31NO5S. The van der Waals surface area contributed by atoms with E-state index in [9.17, 15) is 20.1 Å². The first-order valence-corrected chi connectivity index (χ1v) is 11.4. The van der Waals surface area contributed by atoms with Crippen LogP contribution in [0, 0.1) is 11.8 Å². The van der Waals surface area contributed by atoms with Crippen molar-refractivity contribution in [3.8, 4) is 0 Å². The van der Waals surface area contributed by atoms with E-state index in [4.69, 9.17) is 5.11 Å². The van der Waals surface area contributed by atoms with E-state index in [1.54, 1.807) is 16.8 Å². The molecule has 1 heterocycles. The first kappa shape index (κ1) is 22.2. The van der Waals surface area contributed by atoms with Gasteiger partial charge >= 0.3 is 5.97 Å². The molecule has 1 fully saturated rings. The van der Waals surface area contributed by atoms with E-state index in [2.05, 4.69) is 4.98 Å². The molecule has 1 saturated carbocycles. The Morgan fingerprint density at radius 3 is 2.59 bits per heavy atom. The van der Waals surface area contributed by atoms with Gasteiger partial charge in [-0.05, 0) is 61.6 Å². The lowest BCUT2D eigenvalue weighted by atomic mass is 9.84. The molecule has 5 atom stereocenters. The molecule has 0 saturated heterocycles. The van der Waals surface area contributed by atoms with E-state index >= 15 is 0 Å². The van der Waals surface area contributed by atoms with E-state index in [1.807, 2.05) is 18.2 Å². The van der Waals surface area contributed by atoms with Crippen LogP contribution in [0.3, 0.4) is 0 Å². The van der Waals surface area contributed by atoms with Gasteiger partial charge in [-0.3, -0.25) is 4.79 Å². The van der Waals surface area contributed by atoms with Crippen molar-refractivity contribution in [2.75, 3.05) is 0 Å². The topological polar surface area (TPSA) is 111 Å². The maximum absolute atomic E-state index is 10.6. The van der Waals surface area contributed by atoms with Crippen molar-refractivity contribution in [3.05, 3.63) is 29.3 Å². The van der Waals surface area contributed by atoms with Crippen LogP contribution in [0.1, 0.15) is 69.5 Å². The first-order valence-electron chi connectivity index (χ1n) is 10.5. The highest BCUT2D eigenvalue weighted by Crippen LogP contribution is 2.40. The number of aromatic nitrogens is 1. The zero-order valence-electron chi connectivity index (χ0n) is 16.6. The third-order valence-electron chi connectivity index (χ3n) is 6.21. The van der Waals surface area contributed by atoms with E-state index < -0.39 is 24.3 Å². The second-order valence-electron chi connectivity index (χ2n) is 8.22. The summed E-state index contributed by atoms with van der Waals surface area (Å²) in [6, 6.07) is 5.83. The van der Waals surface area contributed by atoms with Crippen LogP contribution in [0.4, 0.5) is 0 Å². The van der Waals surface area contributed by atoms with Gasteiger partial charge in [0.1, 0.15) is 0 Å². The van der Waals surface area contributed by atoms with Gasteiger partial charge in [-0.1, -0.05) is 25.3 Å². The molecule has 1 aliphatic carbocycles. The number of hydrogen-bond acceptors (Lipinski definition) is 6. The molecule has 7 heteroatoms. The molecule has 2 unspecified atom stereocenters. The lowest BCUT2D eigenvalue weighted by Gasteiger charge is -2.24. The fourth-order valence-electron chi connectivity index (χ4n) is 4.59. The lowest BCUT2D eigenvalue weighted by Crippen LogP contribution is -2.23. The van der Waals surface area contributed by atoms with Crippen LogP contribution < -0.4 is 0 Å². The molecule has 1 aromatic heterocycles. The van der Waals surface area contributed by atoms with Crippen molar-refractivity contribution < 1.29 is 25.2 Å². The maximum Gasteiger partial charge on any atom is 0.303 e. The fourth-order valence-corrected chi connectivity index (χ4v) is 5.25. The summed E-state index contributed by atoms with van der Waals surface area (Å²) < 4.78 is 1.10. The summed E-state index contributed by atoms with van der Waals surface area (Å²) in [5.74, 6) is -0.730. The third kappa shape index (κ3) is 5.98. The minimum absolute atomic E-state index is 0.0123. The van der Waals surface area contributed by atoms with Gasteiger partial charge in [-0.15, -0.1) is 11.3 Å². The van der Waals surface area contributed by atoms with Gasteiger partial charge in [-0.2, -0.15) is 0 Å². The van der Waals surface area contributed by atoms with Crippen LogP contribution in [0.15, 0.2) is 23.7 Å². The SMILES string of the molecule is O=C(O)CCCCCCC1[C@@H](CCC(O)c2ccc3scnc3c2)[C@H](O)C[C@@H]1O. The Labute approximate surface area is 175 Å². The number of aliphatic hydroxyl groups is 3. The van der Waals surface area contributed by atoms with E-state index in [0.717, 1.165) is 41.5 Å². The fraction of sp³-hybridized carbons (Fsp3) is 0.636. The Hall–Kier alpha value is -1.54. The molecule has 2 aromatic rings. The highest BCUT2D eigenvalue weighted by molar-refractivity contribution is 7.16. The largest absolute Gasteiger partial charge is 0.481 e. The predicted molar refractivity (Wildman–Crippen MR) is 113 cm³/mol. The van der Waals surface area contributed by atoms with Crippen molar-refractivity contribution in [3.63, 3.8) is 0 Å². The third-order valence-corrected chi connectivity index (χ3v) is 7.02. The minimum Gasteiger partial charge on any atom is -0.481 e. The second-order valence-corrected chi connectivity index (χ2v) is 9.10. The summed E-state index contributed by atoms with van der Waals surface area (Å²) in [4.78, 5) is 14.9. The minimum atomic E-state index is -0.758. The quantitative estimate of drug-likeness (QED) is 0.410. The number of nitrogens with zero attached hydrogens (tertiary/aromatic N) is 1. The lowest BCUT2D eigenvalue weighted by molar-refractivity contribution is -0.137. The molecule has 3 rings (SSSR count). The van der Waals surface area contributed by atoms with Crippen molar-refractivity contribution in [2.45, 2.75) is 76.1 Å². The van der Waals surface area contributed by atoms with Crippen LogP contribution in [-0.4, -0.2) is 43.6 Å². The number of hydrogen-bond donors (Lipinski definition) is 4. The standard InChI is InChI=1S/C22H31NO5S/c24-18(14-7-10-21-17(11-14)23-13-29-21)9-8-16-15(19(25)12-20(16)26)5-3-1-2-4-6-22(27)28/h7,10-11,13,15-16,18-20,24-26H,1-6,8-9,12H2,(H,27,28)/t15?,16-,18?,19+,20-/m1/s1. The number of aliphatic hydroxyl groups excluding tert-OH is 3. The summed E-state index contributed by atoms with van der Waals surface area (Å²) in [6.07, 6.45) is 4.42. The second kappa shape index (κ2) is 10.5. The van der Waals surface area contributed by atoms with Gasteiger partial charge in [0, 0.05) is 6.42 Å². The number of carbonyl (C=O) groups is 1. The van der Waals surface area contributed by atoms with Gasteiger partial charge in [0.25, 0.3) is 0 Å². The molecule has 1 aromatic carbocycles. The summed E-state index contributed by atoms with van der Waals surface area (Å²) in [5.41, 5.74) is 3.53. The van der Waals surface area contributed by atoms with Crippen molar-refractivity contribution >= 4 is 27.5 Å². The Bertz CT molecular complexity index is 794. The normalized spacial score (nSPS) is 25.5. The smallest absolute Gasteiger partial charge is 0.303 e. The molecule has 0 amide bonds. The van der Waals surface area contributed by atoms with Crippen LogP contribution in [0.5, 0.6) is 0 Å². The number of thiazole rings is 1. The first-order chi connectivity index (χ1) is 14.0. The molecule has 4 N–H and O–H groups in total. The van der Waals surface area contributed by atoms with Gasteiger partial charge in [0.05, 0.1) is 34.0 Å². The van der Waals surface area contributed by atoms with Gasteiger partial charge in [0.15, 0.2) is 0 Å². The van der Waals surface area contributed by atoms with Crippen molar-refractivity contribution in [2.24, 2.45) is 11.8 Å². The summed E-state index contributed by atoms with van der Waals surface area (Å²) in [6.45, 7) is 0. The van der Waals surface area contributed by atoms with Gasteiger partial charge in [-0.25, -0.2) is 4.98 Å². The summed E-state index contributed by atoms with van der Waals surface area (Å²) in [5, 5.41) is 40.1. The number of carboxylic acids is 1. The van der Waals surface area contributed by atoms with Crippen LogP contribution in [-0.2, 0) is 4.79 Å². The van der Waals surface area contributed by atoms with Crippen LogP contribution in [0.25, 0.3) is 10.2 Å². The molecule has 160 valence electrons. The highest BCUT2D eigenvalue weighted by atomic mass is 32.1. The number of fused-ring (bicyclic) bond motifs is 1. The van der Waals surface area contributed by atoms with E-state index in [-0.39, 0.29) is 18.3 Å². The van der Waals surface area contributed by atoms with E-state index in [0.29, 0.717) is 25.7 Å². The molecule has 29 heavy (non-hydrogen) atoms. The summed E-state index contributed by atoms with van der Waals surface area (Å²) in [7, 11) is 0. The Morgan fingerprint density at radius 1 is 1.10 bits per heavy atom. The Balaban J connectivity index is 1.48. The predicted octanol–water partition coefficient (Wildman–Crippen LogP) is 3.89. The van der Waals surface area contributed by atoms with Crippen LogP contribution in [0.2, 0.25) is 0 Å². The number of unbranched alkanes of at least 4 members (excludes halogenated alkanes) is 3. The van der Waals surface area contributed by atoms with Gasteiger partial charge < -0.3 is 20.4 Å². The zero-order valence-corrected chi connectivity index (χ0v) is 17.4. The van der Waals surface area contributed by atoms with Gasteiger partial charge in [0.2, 0.25) is 0 Å². The monoisotopic (exact) mass is 421 g/mol. The van der Waals surface area contributed by atoms with Crippen molar-refractivity contribution in [1.82, 2.24) is 4.98 Å². The molecule has 6 nitrogen and oxygen atoms in total. The molecular weight excluding hydrogens is 390 g/mol. The zero-order chi connectivity index (χ0) is 20.8. The number of carboxylic acid groups (broad SMARTS) is 1. The van der Waals surface area contributed by atoms with Crippen molar-refractivity contribution in [1.29, 1.82) is 0 Å². The Kier molecular flexibility index (Phi) is 8.00. The van der Waals surface area contributed by atoms with Crippen LogP contribution >= 0.6 is 11.3 Å². The summed E-state index contributed by atoms with van der Waals surface area (Å²) >= 11 is 1.57. The van der Waals surface area contributed by atoms with E-state index in [1.165, 1.54) is 0 Å². The Morgan fingerprint density at radius 2 is 1.83 bits per heavy atom. The molecule has 0 bridgehead atoms. The molecule has 0 radical (unpaired) electrons. The maximum atomic E-state index is 10.6. The average molecular weight is 422 g/mol. The number of benzene rings is 1. The molecule has 1 aliphatic rings.